The van der Waals surface area contributed by atoms with E-state index in [4.69, 9.17) is 20.7 Å². The number of carboxylic acid groups (broad SMARTS) is 4. The van der Waals surface area contributed by atoms with Crippen molar-refractivity contribution in [2.75, 3.05) is 31.9 Å². The fraction of sp³-hybridized carbons (Fsp3) is 0.162. The lowest BCUT2D eigenvalue weighted by Crippen LogP contribution is -2.34. The molecule has 6 N–H and O–H groups in total. The molecule has 0 aliphatic rings. The van der Waals surface area contributed by atoms with E-state index in [1.54, 1.807) is 36.4 Å². The Morgan fingerprint density at radius 3 is 1.35 bits per heavy atom. The van der Waals surface area contributed by atoms with E-state index >= 15 is 0 Å². The molecular weight excluding hydrogens is 656 g/mol. The van der Waals surface area contributed by atoms with Gasteiger partial charge in [-0.25, -0.2) is 15.0 Å². The van der Waals surface area contributed by atoms with Crippen molar-refractivity contribution < 1.29 is 39.6 Å². The Bertz CT molecular complexity index is 1940. The molecule has 51 heavy (non-hydrogen) atoms. The summed E-state index contributed by atoms with van der Waals surface area (Å²) in [5.74, 6) is -4.68. The third-order valence-corrected chi connectivity index (χ3v) is 7.66. The number of carboxylic acids is 4. The third-order valence-electron chi connectivity index (χ3n) is 7.66. The zero-order valence-electron chi connectivity index (χ0n) is 27.2. The van der Waals surface area contributed by atoms with Gasteiger partial charge in [-0.2, -0.15) is 0 Å². The Labute approximate surface area is 292 Å². The first-order valence-electron chi connectivity index (χ1n) is 15.7. The van der Waals surface area contributed by atoms with Gasteiger partial charge >= 0.3 is 23.9 Å². The fourth-order valence-electron chi connectivity index (χ4n) is 5.54. The number of hydrogen-bond donors (Lipinski definition) is 5. The van der Waals surface area contributed by atoms with E-state index in [-0.39, 0.29) is 13.1 Å². The molecule has 3 heterocycles. The van der Waals surface area contributed by atoms with Crippen LogP contribution in [-0.2, 0) is 32.3 Å². The first-order valence-corrected chi connectivity index (χ1v) is 15.7. The number of benzene rings is 2. The van der Waals surface area contributed by atoms with Crippen LogP contribution < -0.4 is 5.73 Å². The predicted molar refractivity (Wildman–Crippen MR) is 187 cm³/mol. The lowest BCUT2D eigenvalue weighted by molar-refractivity contribution is -0.144. The maximum absolute atomic E-state index is 11.4. The van der Waals surface area contributed by atoms with Crippen molar-refractivity contribution in [2.45, 2.75) is 13.1 Å². The molecule has 0 unspecified atom stereocenters. The van der Waals surface area contributed by atoms with Crippen LogP contribution in [0.3, 0.4) is 0 Å². The van der Waals surface area contributed by atoms with Gasteiger partial charge in [-0.05, 0) is 59.2 Å². The van der Waals surface area contributed by atoms with Gasteiger partial charge < -0.3 is 26.2 Å². The van der Waals surface area contributed by atoms with E-state index in [1.165, 1.54) is 9.80 Å². The molecule has 3 aromatic heterocycles. The molecule has 14 nitrogen and oxygen atoms in total. The summed E-state index contributed by atoms with van der Waals surface area (Å²) in [6.45, 7) is -2.01. The predicted octanol–water partition coefficient (Wildman–Crippen LogP) is 4.06. The maximum atomic E-state index is 11.4. The van der Waals surface area contributed by atoms with Crippen LogP contribution in [0.25, 0.3) is 45.0 Å². The Kier molecular flexibility index (Phi) is 11.4. The second-order valence-electron chi connectivity index (χ2n) is 11.7. The van der Waals surface area contributed by atoms with Crippen LogP contribution in [0.4, 0.5) is 5.69 Å². The summed E-state index contributed by atoms with van der Waals surface area (Å²) in [4.78, 5) is 62.3. The fourth-order valence-corrected chi connectivity index (χ4v) is 5.54. The minimum atomic E-state index is -1.17. The molecule has 5 rings (SSSR count). The highest BCUT2D eigenvalue weighted by Gasteiger charge is 2.18. The number of hydrogen-bond acceptors (Lipinski definition) is 10. The summed E-state index contributed by atoms with van der Waals surface area (Å²) in [5, 5.41) is 37.2. The van der Waals surface area contributed by atoms with E-state index in [0.717, 1.165) is 22.3 Å². The molecule has 14 heteroatoms. The number of carbonyl (C=O) groups is 4. The first kappa shape index (κ1) is 35.8. The second-order valence-corrected chi connectivity index (χ2v) is 11.7. The van der Waals surface area contributed by atoms with Crippen molar-refractivity contribution in [1.29, 1.82) is 0 Å². The Morgan fingerprint density at radius 2 is 0.922 bits per heavy atom. The number of nitrogens with zero attached hydrogens (tertiary/aromatic N) is 5. The minimum Gasteiger partial charge on any atom is -0.480 e. The molecule has 0 spiro atoms. The highest BCUT2D eigenvalue weighted by Crippen LogP contribution is 2.32. The second kappa shape index (κ2) is 16.3. The van der Waals surface area contributed by atoms with Gasteiger partial charge in [-0.3, -0.25) is 29.0 Å². The van der Waals surface area contributed by atoms with Crippen molar-refractivity contribution in [3.05, 3.63) is 108 Å². The lowest BCUT2D eigenvalue weighted by Gasteiger charge is -2.18. The molecule has 0 saturated heterocycles. The van der Waals surface area contributed by atoms with Gasteiger partial charge in [-0.15, -0.1) is 0 Å². The molecule has 5 aromatic rings. The van der Waals surface area contributed by atoms with Crippen molar-refractivity contribution in [1.82, 2.24) is 24.8 Å². The van der Waals surface area contributed by atoms with Crippen LogP contribution in [0.1, 0.15) is 11.4 Å². The molecule has 0 radical (unpaired) electrons. The average Bonchev–Trinajstić information content (AvgIpc) is 3.07. The number of rotatable bonds is 16. The van der Waals surface area contributed by atoms with Crippen molar-refractivity contribution in [3.63, 3.8) is 0 Å². The Balaban J connectivity index is 1.56. The molecule has 0 atom stereocenters. The SMILES string of the molecule is Nc1ccccc1-c1ccc(-c2cc(-c3cccc(CN(CC(=O)O)CC(=O)O)n3)nc(-c3cccc(CN(CC(=O)O)CC(=O)O)n3)c2)cc1. The van der Waals surface area contributed by atoms with Crippen LogP contribution in [0.15, 0.2) is 97.1 Å². The van der Waals surface area contributed by atoms with E-state index < -0.39 is 50.1 Å². The Morgan fingerprint density at radius 1 is 0.490 bits per heavy atom. The molecule has 0 aliphatic carbocycles. The van der Waals surface area contributed by atoms with Gasteiger partial charge in [-0.1, -0.05) is 54.6 Å². The summed E-state index contributed by atoms with van der Waals surface area (Å²) in [5.41, 5.74) is 12.9. The van der Waals surface area contributed by atoms with Crippen LogP contribution in [0.5, 0.6) is 0 Å². The highest BCUT2D eigenvalue weighted by atomic mass is 16.4. The van der Waals surface area contributed by atoms with Crippen LogP contribution in [0.2, 0.25) is 0 Å². The molecule has 0 bridgehead atoms. The maximum Gasteiger partial charge on any atom is 0.317 e. The Hall–Kier alpha value is -6.51. The highest BCUT2D eigenvalue weighted by molar-refractivity contribution is 5.80. The van der Waals surface area contributed by atoms with Crippen molar-refractivity contribution in [3.8, 4) is 45.0 Å². The molecule has 0 saturated carbocycles. The first-order chi connectivity index (χ1) is 24.4. The van der Waals surface area contributed by atoms with E-state index in [0.29, 0.717) is 39.9 Å². The number of para-hydroxylation sites is 1. The summed E-state index contributed by atoms with van der Waals surface area (Å²) in [6.07, 6.45) is 0. The number of aromatic nitrogens is 3. The molecule has 0 amide bonds. The van der Waals surface area contributed by atoms with Crippen LogP contribution >= 0.6 is 0 Å². The van der Waals surface area contributed by atoms with Gasteiger partial charge in [0.05, 0.1) is 60.3 Å². The van der Waals surface area contributed by atoms with Crippen molar-refractivity contribution in [2.24, 2.45) is 0 Å². The van der Waals surface area contributed by atoms with E-state index in [9.17, 15) is 39.6 Å². The summed E-state index contributed by atoms with van der Waals surface area (Å²) >= 11 is 0. The van der Waals surface area contributed by atoms with Crippen LogP contribution in [0, 0.1) is 0 Å². The van der Waals surface area contributed by atoms with Gasteiger partial charge in [0.2, 0.25) is 0 Å². The lowest BCUT2D eigenvalue weighted by atomic mass is 9.98. The number of nitrogens with two attached hydrogens (primary N) is 1. The van der Waals surface area contributed by atoms with E-state index in [1.807, 2.05) is 60.7 Å². The number of anilines is 1. The zero-order chi connectivity index (χ0) is 36.5. The third kappa shape index (κ3) is 10.0. The van der Waals surface area contributed by atoms with Gasteiger partial charge in [0.1, 0.15) is 0 Å². The molecular formula is C37H34N6O8. The zero-order valence-corrected chi connectivity index (χ0v) is 27.2. The summed E-state index contributed by atoms with van der Waals surface area (Å²) in [7, 11) is 0. The average molecular weight is 691 g/mol. The standard InChI is InChI=1S/C37H34N6O8/c38-29-8-2-1-7-28(29)24-13-11-23(12-14-24)25-15-32(30-9-3-5-26(39-30)17-42(19-34(44)45)20-35(46)47)41-33(16-25)31-10-4-6-27(40-31)18-43(21-36(48)49)22-37(50)51/h1-16H,17-22,38H2,(H,44,45)(H,46,47)(H,48,49)(H,50,51). The monoisotopic (exact) mass is 690 g/mol. The van der Waals surface area contributed by atoms with Gasteiger partial charge in [0, 0.05) is 24.3 Å². The molecule has 260 valence electrons. The molecule has 0 aliphatic heterocycles. The van der Waals surface area contributed by atoms with Gasteiger partial charge in [0.15, 0.2) is 0 Å². The molecule has 2 aromatic carbocycles. The minimum absolute atomic E-state index is 0.0319. The number of nitrogen functional groups attached to an aromatic ring is 1. The number of pyridine rings is 3. The summed E-state index contributed by atoms with van der Waals surface area (Å²) in [6, 6.07) is 29.3. The van der Waals surface area contributed by atoms with Crippen LogP contribution in [-0.4, -0.2) is 95.2 Å². The number of aliphatic carboxylic acids is 4. The van der Waals surface area contributed by atoms with E-state index in [2.05, 4.69) is 0 Å². The summed E-state index contributed by atoms with van der Waals surface area (Å²) < 4.78 is 0. The quantitative estimate of drug-likeness (QED) is 0.0922. The van der Waals surface area contributed by atoms with Crippen molar-refractivity contribution >= 4 is 29.6 Å². The molecule has 0 fully saturated rings. The smallest absolute Gasteiger partial charge is 0.317 e. The normalized spacial score (nSPS) is 11.1. The van der Waals surface area contributed by atoms with Gasteiger partial charge in [0.25, 0.3) is 0 Å². The topological polar surface area (TPSA) is 220 Å². The largest absolute Gasteiger partial charge is 0.480 e.